The number of thiophene rings is 2. The third kappa shape index (κ3) is 2.73. The van der Waals surface area contributed by atoms with Gasteiger partial charge in [-0.25, -0.2) is 0 Å². The maximum Gasteiger partial charge on any atom is 0.0679 e. The van der Waals surface area contributed by atoms with E-state index in [1.165, 1.54) is 21.7 Å². The Hall–Kier alpha value is -0.640. The fraction of sp³-hybridized carbons (Fsp3) is 0.385. The molecule has 0 aromatic carbocycles. The normalized spacial score (nSPS) is 12.9. The van der Waals surface area contributed by atoms with Gasteiger partial charge in [-0.3, -0.25) is 0 Å². The van der Waals surface area contributed by atoms with Gasteiger partial charge in [0, 0.05) is 9.75 Å². The Morgan fingerprint density at radius 3 is 2.75 bits per heavy atom. The second kappa shape index (κ2) is 5.62. The number of hydrogen-bond donors (Lipinski definition) is 1. The molecule has 1 atom stereocenters. The van der Waals surface area contributed by atoms with Gasteiger partial charge in [0.15, 0.2) is 0 Å². The van der Waals surface area contributed by atoms with Crippen LogP contribution in [0.5, 0.6) is 0 Å². The molecule has 1 nitrogen and oxygen atoms in total. The second-order valence-electron chi connectivity index (χ2n) is 3.89. The summed E-state index contributed by atoms with van der Waals surface area (Å²) in [6.45, 7) is 5.44. The molecule has 2 aromatic rings. The van der Waals surface area contributed by atoms with Crippen LogP contribution in [0.15, 0.2) is 29.0 Å². The first kappa shape index (κ1) is 11.8. The number of rotatable bonds is 5. The van der Waals surface area contributed by atoms with E-state index in [1.54, 1.807) is 11.3 Å². The standard InChI is InChI=1S/C13H17NS2/c1-3-7-14-13(11-6-8-15-9-11)12-5-4-10(2)16-12/h4-6,8-9,13-14H,3,7H2,1-2H3. The molecule has 16 heavy (non-hydrogen) atoms. The molecule has 2 aromatic heterocycles. The van der Waals surface area contributed by atoms with E-state index in [9.17, 15) is 0 Å². The summed E-state index contributed by atoms with van der Waals surface area (Å²) in [5.41, 5.74) is 1.39. The molecule has 0 radical (unpaired) electrons. The van der Waals surface area contributed by atoms with Gasteiger partial charge in [0.1, 0.15) is 0 Å². The number of hydrogen-bond acceptors (Lipinski definition) is 3. The van der Waals surface area contributed by atoms with Crippen molar-refractivity contribution in [1.82, 2.24) is 5.32 Å². The van der Waals surface area contributed by atoms with Gasteiger partial charge in [0.05, 0.1) is 6.04 Å². The Kier molecular flexibility index (Phi) is 4.16. The molecular formula is C13H17NS2. The molecule has 0 aliphatic carbocycles. The van der Waals surface area contributed by atoms with Crippen molar-refractivity contribution < 1.29 is 0 Å². The topological polar surface area (TPSA) is 12.0 Å². The molecule has 2 heterocycles. The van der Waals surface area contributed by atoms with Crippen molar-refractivity contribution in [1.29, 1.82) is 0 Å². The van der Waals surface area contributed by atoms with E-state index < -0.39 is 0 Å². The van der Waals surface area contributed by atoms with Crippen molar-refractivity contribution in [3.05, 3.63) is 44.3 Å². The summed E-state index contributed by atoms with van der Waals surface area (Å²) < 4.78 is 0. The number of aryl methyl sites for hydroxylation is 1. The van der Waals surface area contributed by atoms with Crippen LogP contribution < -0.4 is 5.32 Å². The first-order chi connectivity index (χ1) is 7.81. The Bertz CT molecular complexity index is 417. The fourth-order valence-corrected chi connectivity index (χ4v) is 3.39. The molecule has 0 saturated heterocycles. The van der Waals surface area contributed by atoms with Crippen molar-refractivity contribution in [2.75, 3.05) is 6.54 Å². The van der Waals surface area contributed by atoms with Gasteiger partial charge in [-0.1, -0.05) is 6.92 Å². The van der Waals surface area contributed by atoms with E-state index in [1.807, 2.05) is 11.3 Å². The number of nitrogens with one attached hydrogen (secondary N) is 1. The Morgan fingerprint density at radius 1 is 1.31 bits per heavy atom. The summed E-state index contributed by atoms with van der Waals surface area (Å²) >= 11 is 3.65. The lowest BCUT2D eigenvalue weighted by Crippen LogP contribution is -2.21. The van der Waals surface area contributed by atoms with Crippen molar-refractivity contribution in [2.45, 2.75) is 26.3 Å². The van der Waals surface area contributed by atoms with E-state index in [0.717, 1.165) is 6.54 Å². The van der Waals surface area contributed by atoms with Gasteiger partial charge >= 0.3 is 0 Å². The zero-order valence-electron chi connectivity index (χ0n) is 9.69. The average Bonchev–Trinajstić information content (AvgIpc) is 2.91. The molecule has 3 heteroatoms. The Labute approximate surface area is 105 Å². The van der Waals surface area contributed by atoms with E-state index in [0.29, 0.717) is 6.04 Å². The predicted octanol–water partition coefficient (Wildman–Crippen LogP) is 4.21. The van der Waals surface area contributed by atoms with Crippen LogP contribution in [0.25, 0.3) is 0 Å². The quantitative estimate of drug-likeness (QED) is 0.839. The van der Waals surface area contributed by atoms with Crippen LogP contribution in [0.3, 0.4) is 0 Å². The molecule has 0 saturated carbocycles. The highest BCUT2D eigenvalue weighted by molar-refractivity contribution is 7.12. The molecule has 0 spiro atoms. The van der Waals surface area contributed by atoms with Crippen molar-refractivity contribution in [3.8, 4) is 0 Å². The van der Waals surface area contributed by atoms with Crippen molar-refractivity contribution in [2.24, 2.45) is 0 Å². The van der Waals surface area contributed by atoms with Crippen LogP contribution in [-0.4, -0.2) is 6.54 Å². The van der Waals surface area contributed by atoms with E-state index in [-0.39, 0.29) is 0 Å². The first-order valence-electron chi connectivity index (χ1n) is 5.63. The third-order valence-corrected chi connectivity index (χ3v) is 4.29. The molecule has 0 bridgehead atoms. The molecule has 0 aliphatic heterocycles. The van der Waals surface area contributed by atoms with Crippen LogP contribution >= 0.6 is 22.7 Å². The molecule has 1 unspecified atom stereocenters. The maximum absolute atomic E-state index is 3.62. The highest BCUT2D eigenvalue weighted by Gasteiger charge is 2.14. The zero-order valence-corrected chi connectivity index (χ0v) is 11.3. The minimum atomic E-state index is 0.380. The summed E-state index contributed by atoms with van der Waals surface area (Å²) in [6.07, 6.45) is 1.17. The zero-order chi connectivity index (χ0) is 11.4. The summed E-state index contributed by atoms with van der Waals surface area (Å²) in [5, 5.41) is 8.01. The van der Waals surface area contributed by atoms with Crippen LogP contribution in [0.1, 0.15) is 34.7 Å². The lowest BCUT2D eigenvalue weighted by molar-refractivity contribution is 0.607. The molecule has 0 aliphatic rings. The van der Waals surface area contributed by atoms with Gasteiger partial charge in [-0.05, 0) is 54.4 Å². The van der Waals surface area contributed by atoms with Gasteiger partial charge in [-0.15, -0.1) is 11.3 Å². The van der Waals surface area contributed by atoms with E-state index >= 15 is 0 Å². The molecular weight excluding hydrogens is 234 g/mol. The summed E-state index contributed by atoms with van der Waals surface area (Å²) in [5.74, 6) is 0. The van der Waals surface area contributed by atoms with Gasteiger partial charge in [0.2, 0.25) is 0 Å². The summed E-state index contributed by atoms with van der Waals surface area (Å²) in [4.78, 5) is 2.80. The monoisotopic (exact) mass is 251 g/mol. The van der Waals surface area contributed by atoms with Crippen LogP contribution in [0.2, 0.25) is 0 Å². The smallest absolute Gasteiger partial charge is 0.0679 e. The Balaban J connectivity index is 2.21. The van der Waals surface area contributed by atoms with Gasteiger partial charge in [0.25, 0.3) is 0 Å². The first-order valence-corrected chi connectivity index (χ1v) is 7.39. The van der Waals surface area contributed by atoms with Crippen molar-refractivity contribution in [3.63, 3.8) is 0 Å². The van der Waals surface area contributed by atoms with Gasteiger partial charge in [-0.2, -0.15) is 11.3 Å². The largest absolute Gasteiger partial charge is 0.306 e. The molecule has 0 fully saturated rings. The van der Waals surface area contributed by atoms with Crippen LogP contribution in [0, 0.1) is 6.92 Å². The maximum atomic E-state index is 3.62. The van der Waals surface area contributed by atoms with Crippen LogP contribution in [0.4, 0.5) is 0 Å². The van der Waals surface area contributed by atoms with Crippen LogP contribution in [-0.2, 0) is 0 Å². The molecule has 0 amide bonds. The van der Waals surface area contributed by atoms with E-state index in [2.05, 4.69) is 48.1 Å². The molecule has 2 rings (SSSR count). The minimum Gasteiger partial charge on any atom is -0.306 e. The summed E-state index contributed by atoms with van der Waals surface area (Å²) in [6, 6.07) is 7.04. The molecule has 1 N–H and O–H groups in total. The second-order valence-corrected chi connectivity index (χ2v) is 5.99. The lowest BCUT2D eigenvalue weighted by Gasteiger charge is -2.15. The van der Waals surface area contributed by atoms with Crippen molar-refractivity contribution >= 4 is 22.7 Å². The average molecular weight is 251 g/mol. The third-order valence-electron chi connectivity index (χ3n) is 2.52. The summed E-state index contributed by atoms with van der Waals surface area (Å²) in [7, 11) is 0. The highest BCUT2D eigenvalue weighted by Crippen LogP contribution is 2.29. The highest BCUT2D eigenvalue weighted by atomic mass is 32.1. The Morgan fingerprint density at radius 2 is 2.19 bits per heavy atom. The lowest BCUT2D eigenvalue weighted by atomic mass is 10.1. The fourth-order valence-electron chi connectivity index (χ4n) is 1.72. The van der Waals surface area contributed by atoms with Gasteiger partial charge < -0.3 is 5.32 Å². The minimum absolute atomic E-state index is 0.380. The predicted molar refractivity (Wildman–Crippen MR) is 73.5 cm³/mol. The SMILES string of the molecule is CCCNC(c1ccsc1)c1ccc(C)s1. The molecule has 86 valence electrons. The van der Waals surface area contributed by atoms with E-state index in [4.69, 9.17) is 0 Å².